The lowest BCUT2D eigenvalue weighted by Crippen LogP contribution is -2.14. The monoisotopic (exact) mass is 261 g/mol. The van der Waals surface area contributed by atoms with E-state index in [1.54, 1.807) is 0 Å². The quantitative estimate of drug-likeness (QED) is 0.845. The number of hydrogen-bond acceptors (Lipinski definition) is 3. The largest absolute Gasteiger partial charge is 0.456 e. The van der Waals surface area contributed by atoms with Crippen molar-refractivity contribution in [1.29, 1.82) is 0 Å². The minimum absolute atomic E-state index is 0.174. The molecule has 0 aliphatic carbocycles. The molecule has 7 heteroatoms. The van der Waals surface area contributed by atoms with E-state index < -0.39 is 36.3 Å². The summed E-state index contributed by atoms with van der Waals surface area (Å²) in [6.07, 6.45) is -2.82. The Morgan fingerprint density at radius 1 is 1.39 bits per heavy atom. The van der Waals surface area contributed by atoms with E-state index in [9.17, 15) is 22.8 Å². The second kappa shape index (κ2) is 6.04. The highest BCUT2D eigenvalue weighted by Gasteiger charge is 2.16. The van der Waals surface area contributed by atoms with E-state index in [0.717, 1.165) is 12.1 Å². The minimum Gasteiger partial charge on any atom is -0.456 e. The maximum atomic E-state index is 13.3. The lowest BCUT2D eigenvalue weighted by molar-refractivity contribution is -0.114. The molecule has 1 aromatic carbocycles. The zero-order valence-electron chi connectivity index (χ0n) is 9.38. The topological polar surface area (TPSA) is 55.4 Å². The third-order valence-corrected chi connectivity index (χ3v) is 1.85. The predicted molar refractivity (Wildman–Crippen MR) is 57.0 cm³/mol. The first-order valence-electron chi connectivity index (χ1n) is 4.92. The SMILES string of the molecule is CC(=O)Nc1ccc(F)c(C(=O)OCC(F)F)c1. The van der Waals surface area contributed by atoms with Crippen LogP contribution in [0.15, 0.2) is 18.2 Å². The van der Waals surface area contributed by atoms with E-state index in [1.165, 1.54) is 13.0 Å². The zero-order chi connectivity index (χ0) is 13.7. The average Bonchev–Trinajstić information content (AvgIpc) is 2.28. The molecule has 0 unspecified atom stereocenters. The zero-order valence-corrected chi connectivity index (χ0v) is 9.38. The highest BCUT2D eigenvalue weighted by molar-refractivity contribution is 5.93. The molecule has 0 bridgehead atoms. The van der Waals surface area contributed by atoms with Crippen molar-refractivity contribution in [2.24, 2.45) is 0 Å². The standard InChI is InChI=1S/C11H10F3NO3/c1-6(16)15-7-2-3-9(12)8(4-7)11(17)18-5-10(13)14/h2-4,10H,5H2,1H3,(H,15,16). The van der Waals surface area contributed by atoms with Crippen LogP contribution in [0.3, 0.4) is 0 Å². The number of rotatable bonds is 4. The van der Waals surface area contributed by atoms with Crippen LogP contribution in [0.5, 0.6) is 0 Å². The van der Waals surface area contributed by atoms with E-state index in [0.29, 0.717) is 0 Å². The van der Waals surface area contributed by atoms with Gasteiger partial charge in [-0.15, -0.1) is 0 Å². The first-order chi connectivity index (χ1) is 8.40. The van der Waals surface area contributed by atoms with Crippen molar-refractivity contribution < 1.29 is 27.5 Å². The first-order valence-corrected chi connectivity index (χ1v) is 4.92. The summed E-state index contributed by atoms with van der Waals surface area (Å²) in [4.78, 5) is 22.1. The molecule has 0 spiro atoms. The molecule has 98 valence electrons. The predicted octanol–water partition coefficient (Wildman–Crippen LogP) is 2.21. The number of esters is 1. The summed E-state index contributed by atoms with van der Waals surface area (Å²) in [5.41, 5.74) is -0.338. The summed E-state index contributed by atoms with van der Waals surface area (Å²) in [6.45, 7) is 0.126. The minimum atomic E-state index is -2.82. The summed E-state index contributed by atoms with van der Waals surface area (Å²) < 4.78 is 41.1. The van der Waals surface area contributed by atoms with Gasteiger partial charge in [-0.05, 0) is 18.2 Å². The molecule has 0 aromatic heterocycles. The number of carbonyl (C=O) groups excluding carboxylic acids is 2. The number of alkyl halides is 2. The fourth-order valence-corrected chi connectivity index (χ4v) is 1.18. The van der Waals surface area contributed by atoms with Crippen LogP contribution in [0.25, 0.3) is 0 Å². The van der Waals surface area contributed by atoms with Gasteiger partial charge in [0.2, 0.25) is 5.91 Å². The molecule has 0 aliphatic heterocycles. The molecule has 0 saturated heterocycles. The second-order valence-corrected chi connectivity index (χ2v) is 3.37. The molecule has 0 radical (unpaired) electrons. The van der Waals surface area contributed by atoms with Gasteiger partial charge in [-0.2, -0.15) is 0 Å². The van der Waals surface area contributed by atoms with Crippen LogP contribution in [0.2, 0.25) is 0 Å². The molecule has 4 nitrogen and oxygen atoms in total. The molecule has 0 aliphatic rings. The molecular formula is C11H10F3NO3. The fourth-order valence-electron chi connectivity index (χ4n) is 1.18. The van der Waals surface area contributed by atoms with Crippen molar-refractivity contribution in [3.05, 3.63) is 29.6 Å². The van der Waals surface area contributed by atoms with E-state index in [1.807, 2.05) is 0 Å². The number of halogens is 3. The van der Waals surface area contributed by atoms with Crippen molar-refractivity contribution in [3.8, 4) is 0 Å². The maximum Gasteiger partial charge on any atom is 0.341 e. The summed E-state index contributed by atoms with van der Waals surface area (Å²) in [7, 11) is 0. The molecule has 0 heterocycles. The third kappa shape index (κ3) is 4.08. The number of nitrogens with one attached hydrogen (secondary N) is 1. The summed E-state index contributed by atoms with van der Waals surface area (Å²) >= 11 is 0. The molecule has 18 heavy (non-hydrogen) atoms. The van der Waals surface area contributed by atoms with E-state index in [-0.39, 0.29) is 5.69 Å². The molecule has 0 fully saturated rings. The Labute approximate surface area is 101 Å². The van der Waals surface area contributed by atoms with Gasteiger partial charge < -0.3 is 10.1 Å². The Morgan fingerprint density at radius 2 is 2.06 bits per heavy atom. The summed E-state index contributed by atoms with van der Waals surface area (Å²) in [5.74, 6) is -2.53. The Morgan fingerprint density at radius 3 is 2.61 bits per heavy atom. The summed E-state index contributed by atoms with van der Waals surface area (Å²) in [5, 5.41) is 2.33. The first kappa shape index (κ1) is 14.0. The molecule has 1 amide bonds. The van der Waals surface area contributed by atoms with Gasteiger partial charge in [0.25, 0.3) is 6.43 Å². The lowest BCUT2D eigenvalue weighted by Gasteiger charge is -2.07. The number of amides is 1. The molecule has 1 rings (SSSR count). The Balaban J connectivity index is 2.86. The third-order valence-electron chi connectivity index (χ3n) is 1.85. The molecule has 0 atom stereocenters. The highest BCUT2D eigenvalue weighted by Crippen LogP contribution is 2.16. The number of benzene rings is 1. The van der Waals surface area contributed by atoms with Gasteiger partial charge in [0.15, 0.2) is 6.61 Å². The highest BCUT2D eigenvalue weighted by atomic mass is 19.3. The number of carbonyl (C=O) groups is 2. The molecule has 1 N–H and O–H groups in total. The smallest absolute Gasteiger partial charge is 0.341 e. The van der Waals surface area contributed by atoms with Crippen LogP contribution < -0.4 is 5.32 Å². The van der Waals surface area contributed by atoms with Crippen LogP contribution in [-0.2, 0) is 9.53 Å². The number of anilines is 1. The second-order valence-electron chi connectivity index (χ2n) is 3.37. The van der Waals surface area contributed by atoms with Crippen molar-refractivity contribution in [2.75, 3.05) is 11.9 Å². The Hall–Kier alpha value is -2.05. The van der Waals surface area contributed by atoms with Crippen LogP contribution >= 0.6 is 0 Å². The Kier molecular flexibility index (Phi) is 4.70. The van der Waals surface area contributed by atoms with E-state index in [4.69, 9.17) is 0 Å². The van der Waals surface area contributed by atoms with Gasteiger partial charge in [0.05, 0.1) is 5.56 Å². The van der Waals surface area contributed by atoms with Crippen LogP contribution in [-0.4, -0.2) is 24.9 Å². The van der Waals surface area contributed by atoms with Gasteiger partial charge in [-0.25, -0.2) is 18.0 Å². The van der Waals surface area contributed by atoms with Crippen molar-refractivity contribution in [2.45, 2.75) is 13.3 Å². The van der Waals surface area contributed by atoms with E-state index in [2.05, 4.69) is 10.1 Å². The van der Waals surface area contributed by atoms with Crippen LogP contribution in [0, 0.1) is 5.82 Å². The van der Waals surface area contributed by atoms with E-state index >= 15 is 0 Å². The van der Waals surface area contributed by atoms with Crippen LogP contribution in [0.4, 0.5) is 18.9 Å². The molecule has 1 aromatic rings. The van der Waals surface area contributed by atoms with Crippen molar-refractivity contribution in [1.82, 2.24) is 0 Å². The number of ether oxygens (including phenoxy) is 1. The lowest BCUT2D eigenvalue weighted by atomic mass is 10.2. The van der Waals surface area contributed by atoms with Gasteiger partial charge in [-0.3, -0.25) is 4.79 Å². The van der Waals surface area contributed by atoms with Crippen molar-refractivity contribution in [3.63, 3.8) is 0 Å². The van der Waals surface area contributed by atoms with Crippen LogP contribution in [0.1, 0.15) is 17.3 Å². The summed E-state index contributed by atoms with van der Waals surface area (Å²) in [6, 6.07) is 3.19. The number of hydrogen-bond donors (Lipinski definition) is 1. The van der Waals surface area contributed by atoms with Crippen molar-refractivity contribution >= 4 is 17.6 Å². The van der Waals surface area contributed by atoms with Gasteiger partial charge in [0, 0.05) is 12.6 Å². The van der Waals surface area contributed by atoms with Gasteiger partial charge >= 0.3 is 5.97 Å². The normalized spacial score (nSPS) is 10.3. The molecule has 0 saturated carbocycles. The van der Waals surface area contributed by atoms with Gasteiger partial charge in [0.1, 0.15) is 5.82 Å². The molecular weight excluding hydrogens is 251 g/mol. The van der Waals surface area contributed by atoms with Gasteiger partial charge in [-0.1, -0.05) is 0 Å². The Bertz CT molecular complexity index is 463. The maximum absolute atomic E-state index is 13.3. The fraction of sp³-hybridized carbons (Fsp3) is 0.273. The average molecular weight is 261 g/mol.